The largest absolute Gasteiger partial charge is 0.347 e. The molecule has 0 radical (unpaired) electrons. The molecule has 1 N–H and O–H groups in total. The summed E-state index contributed by atoms with van der Waals surface area (Å²) in [6.07, 6.45) is 0.707. The molecule has 0 fully saturated rings. The molecule has 4 aromatic rings. The van der Waals surface area contributed by atoms with Crippen molar-refractivity contribution in [3.63, 3.8) is 0 Å². The number of amides is 2. The van der Waals surface area contributed by atoms with Crippen LogP contribution in [-0.2, 0) is 24.4 Å². The molecular weight excluding hydrogens is 454 g/mol. The van der Waals surface area contributed by atoms with E-state index in [1.165, 1.54) is 11.3 Å². The van der Waals surface area contributed by atoms with Crippen LogP contribution in [0.25, 0.3) is 0 Å². The van der Waals surface area contributed by atoms with Crippen LogP contribution < -0.4 is 5.32 Å². The van der Waals surface area contributed by atoms with E-state index in [4.69, 9.17) is 0 Å². The highest BCUT2D eigenvalue weighted by Crippen LogP contribution is 2.25. The van der Waals surface area contributed by atoms with Crippen molar-refractivity contribution >= 4 is 23.2 Å². The van der Waals surface area contributed by atoms with E-state index in [0.29, 0.717) is 31.7 Å². The van der Waals surface area contributed by atoms with Crippen LogP contribution in [0.1, 0.15) is 51.4 Å². The number of hydrogen-bond donors (Lipinski definition) is 1. The van der Waals surface area contributed by atoms with E-state index < -0.39 is 0 Å². The number of aromatic nitrogens is 1. The van der Waals surface area contributed by atoms with E-state index in [-0.39, 0.29) is 17.7 Å². The summed E-state index contributed by atoms with van der Waals surface area (Å²) < 4.78 is 0. The Morgan fingerprint density at radius 2 is 1.46 bits per heavy atom. The van der Waals surface area contributed by atoms with E-state index >= 15 is 0 Å². The first-order valence-electron chi connectivity index (χ1n) is 11.8. The number of benzene rings is 3. The van der Waals surface area contributed by atoms with Crippen molar-refractivity contribution in [1.29, 1.82) is 0 Å². The topological polar surface area (TPSA) is 62.3 Å². The number of nitrogens with one attached hydrogen (secondary N) is 1. The van der Waals surface area contributed by atoms with Gasteiger partial charge in [-0.1, -0.05) is 97.9 Å². The molecule has 4 rings (SSSR count). The predicted molar refractivity (Wildman–Crippen MR) is 140 cm³/mol. The lowest BCUT2D eigenvalue weighted by Crippen LogP contribution is -2.34. The highest BCUT2D eigenvalue weighted by Gasteiger charge is 2.26. The average Bonchev–Trinajstić information content (AvgIpc) is 3.38. The fraction of sp³-hybridized carbons (Fsp3) is 0.207. The van der Waals surface area contributed by atoms with Crippen LogP contribution in [0.15, 0.2) is 96.4 Å². The van der Waals surface area contributed by atoms with Crippen LogP contribution in [-0.4, -0.2) is 21.7 Å². The second kappa shape index (κ2) is 12.1. The van der Waals surface area contributed by atoms with Gasteiger partial charge in [-0.2, -0.15) is 0 Å². The third-order valence-electron chi connectivity index (χ3n) is 5.84. The summed E-state index contributed by atoms with van der Waals surface area (Å²) in [5.41, 5.74) is 3.48. The lowest BCUT2D eigenvalue weighted by molar-refractivity contribution is -0.134. The summed E-state index contributed by atoms with van der Waals surface area (Å²) in [5.74, 6) is -0.380. The van der Waals surface area contributed by atoms with Gasteiger partial charge in [-0.05, 0) is 23.1 Å². The minimum Gasteiger partial charge on any atom is -0.347 e. The SMILES string of the molecule is CCC(C(=O)N(Cc1ccccc1)Cc1nc(C(=O)NCc2ccccc2)cs1)c1ccccc1. The van der Waals surface area contributed by atoms with Gasteiger partial charge < -0.3 is 10.2 Å². The molecule has 0 aliphatic carbocycles. The summed E-state index contributed by atoms with van der Waals surface area (Å²) in [7, 11) is 0. The fourth-order valence-corrected chi connectivity index (χ4v) is 4.78. The Bertz CT molecular complexity index is 1230. The van der Waals surface area contributed by atoms with Gasteiger partial charge in [0.1, 0.15) is 10.7 Å². The van der Waals surface area contributed by atoms with Gasteiger partial charge in [-0.25, -0.2) is 4.98 Å². The lowest BCUT2D eigenvalue weighted by atomic mass is 9.95. The van der Waals surface area contributed by atoms with Crippen molar-refractivity contribution in [3.05, 3.63) is 124 Å². The van der Waals surface area contributed by atoms with Gasteiger partial charge in [-0.3, -0.25) is 9.59 Å². The van der Waals surface area contributed by atoms with Crippen molar-refractivity contribution < 1.29 is 9.59 Å². The van der Waals surface area contributed by atoms with Crippen LogP contribution in [0, 0.1) is 0 Å². The molecule has 5 nitrogen and oxygen atoms in total. The van der Waals surface area contributed by atoms with E-state index in [1.54, 1.807) is 5.38 Å². The molecule has 2 amide bonds. The number of hydrogen-bond acceptors (Lipinski definition) is 4. The Hall–Kier alpha value is -3.77. The van der Waals surface area contributed by atoms with Crippen LogP contribution in [0.2, 0.25) is 0 Å². The number of rotatable bonds is 10. The number of carbonyl (C=O) groups excluding carboxylic acids is 2. The summed E-state index contributed by atoms with van der Waals surface area (Å²) in [4.78, 5) is 32.7. The van der Waals surface area contributed by atoms with Gasteiger partial charge in [0.2, 0.25) is 5.91 Å². The summed E-state index contributed by atoms with van der Waals surface area (Å²) in [5, 5.41) is 5.42. The molecule has 0 spiro atoms. The zero-order valence-corrected chi connectivity index (χ0v) is 20.6. The van der Waals surface area contributed by atoms with Crippen LogP contribution in [0.3, 0.4) is 0 Å². The smallest absolute Gasteiger partial charge is 0.271 e. The highest BCUT2D eigenvalue weighted by atomic mass is 32.1. The molecule has 6 heteroatoms. The molecule has 35 heavy (non-hydrogen) atoms. The second-order valence-corrected chi connectivity index (χ2v) is 9.29. The lowest BCUT2D eigenvalue weighted by Gasteiger charge is -2.27. The molecule has 0 bridgehead atoms. The zero-order valence-electron chi connectivity index (χ0n) is 19.8. The number of thiazole rings is 1. The van der Waals surface area contributed by atoms with Gasteiger partial charge in [0, 0.05) is 18.5 Å². The maximum Gasteiger partial charge on any atom is 0.271 e. The standard InChI is InChI=1S/C29H29N3O2S/c1-2-25(24-16-10-5-11-17-24)29(34)32(19-23-14-8-4-9-15-23)20-27-31-26(21-35-27)28(33)30-18-22-12-6-3-7-13-22/h3-17,21,25H,2,18-20H2,1H3,(H,30,33). The first-order chi connectivity index (χ1) is 17.1. The molecule has 1 atom stereocenters. The van der Waals surface area contributed by atoms with Crippen molar-refractivity contribution in [2.45, 2.75) is 38.9 Å². The molecular formula is C29H29N3O2S. The van der Waals surface area contributed by atoms with Gasteiger partial charge in [-0.15, -0.1) is 11.3 Å². The van der Waals surface area contributed by atoms with Gasteiger partial charge in [0.15, 0.2) is 0 Å². The molecule has 178 valence electrons. The fourth-order valence-electron chi connectivity index (χ4n) is 3.99. The minimum absolute atomic E-state index is 0.0628. The van der Waals surface area contributed by atoms with Crippen molar-refractivity contribution in [2.24, 2.45) is 0 Å². The molecule has 3 aromatic carbocycles. The third kappa shape index (κ3) is 6.64. The molecule has 0 saturated carbocycles. The number of nitrogens with zero attached hydrogens (tertiary/aromatic N) is 2. The Labute approximate surface area is 210 Å². The first kappa shape index (κ1) is 24.4. The van der Waals surface area contributed by atoms with E-state index in [1.807, 2.05) is 103 Å². The Balaban J connectivity index is 1.49. The molecule has 1 aromatic heterocycles. The quantitative estimate of drug-likeness (QED) is 0.310. The molecule has 0 saturated heterocycles. The highest BCUT2D eigenvalue weighted by molar-refractivity contribution is 7.09. The van der Waals surface area contributed by atoms with Gasteiger partial charge >= 0.3 is 0 Å². The molecule has 0 aliphatic rings. The molecule has 1 heterocycles. The Morgan fingerprint density at radius 3 is 2.09 bits per heavy atom. The Morgan fingerprint density at radius 1 is 0.857 bits per heavy atom. The third-order valence-corrected chi connectivity index (χ3v) is 6.68. The minimum atomic E-state index is -0.228. The number of carbonyl (C=O) groups is 2. The second-order valence-electron chi connectivity index (χ2n) is 8.35. The maximum absolute atomic E-state index is 13.7. The van der Waals surface area contributed by atoms with Crippen molar-refractivity contribution in [1.82, 2.24) is 15.2 Å². The summed E-state index contributed by atoms with van der Waals surface area (Å²) >= 11 is 1.41. The normalized spacial score (nSPS) is 11.6. The van der Waals surface area contributed by atoms with Crippen LogP contribution in [0.4, 0.5) is 0 Å². The van der Waals surface area contributed by atoms with Gasteiger partial charge in [0.05, 0.1) is 12.5 Å². The van der Waals surface area contributed by atoms with Crippen molar-refractivity contribution in [2.75, 3.05) is 0 Å². The van der Waals surface area contributed by atoms with Gasteiger partial charge in [0.25, 0.3) is 5.91 Å². The first-order valence-corrected chi connectivity index (χ1v) is 12.7. The zero-order chi connectivity index (χ0) is 24.5. The monoisotopic (exact) mass is 483 g/mol. The average molecular weight is 484 g/mol. The van der Waals surface area contributed by atoms with E-state index in [9.17, 15) is 9.59 Å². The van der Waals surface area contributed by atoms with E-state index in [2.05, 4.69) is 10.3 Å². The molecule has 0 aliphatic heterocycles. The van der Waals surface area contributed by atoms with Crippen molar-refractivity contribution in [3.8, 4) is 0 Å². The maximum atomic E-state index is 13.7. The predicted octanol–water partition coefficient (Wildman–Crippen LogP) is 5.80. The Kier molecular flexibility index (Phi) is 8.41. The summed E-state index contributed by atoms with van der Waals surface area (Å²) in [6, 6.07) is 29.6. The van der Waals surface area contributed by atoms with E-state index in [0.717, 1.165) is 21.7 Å². The molecule has 1 unspecified atom stereocenters. The summed E-state index contributed by atoms with van der Waals surface area (Å²) in [6.45, 7) is 3.32. The van der Waals surface area contributed by atoms with Crippen LogP contribution in [0.5, 0.6) is 0 Å². The van der Waals surface area contributed by atoms with Crippen LogP contribution >= 0.6 is 11.3 Å².